The number of nitrogens with zero attached hydrogens (tertiary/aromatic N) is 1. The van der Waals surface area contributed by atoms with Crippen molar-refractivity contribution in [2.45, 2.75) is 19.2 Å². The third-order valence-corrected chi connectivity index (χ3v) is 1.84. The number of aromatic hydroxyl groups is 1. The van der Waals surface area contributed by atoms with Gasteiger partial charge < -0.3 is 14.9 Å². The van der Waals surface area contributed by atoms with Gasteiger partial charge in [-0.1, -0.05) is 0 Å². The summed E-state index contributed by atoms with van der Waals surface area (Å²) < 4.78 is 64.1. The molecule has 1 rings (SSSR count). The topological polar surface area (TPSA) is 79.7 Å². The van der Waals surface area contributed by atoms with Crippen LogP contribution in [0.2, 0.25) is 0 Å². The Labute approximate surface area is 102 Å². The average molecular weight is 287 g/mol. The molecule has 0 aliphatic rings. The van der Waals surface area contributed by atoms with Gasteiger partial charge in [0.2, 0.25) is 0 Å². The molecule has 0 spiro atoms. The minimum Gasteiger partial charge on any atom is -0.503 e. The molecule has 1 heterocycles. The molecule has 1 aromatic heterocycles. The number of hydrogen-bond donors (Lipinski definition) is 2. The largest absolute Gasteiger partial charge is 0.574 e. The third kappa shape index (κ3) is 4.23. The van der Waals surface area contributed by atoms with E-state index >= 15 is 0 Å². The van der Waals surface area contributed by atoms with Crippen LogP contribution in [0.15, 0.2) is 6.07 Å². The second kappa shape index (κ2) is 5.24. The molecular weight excluding hydrogens is 281 g/mol. The van der Waals surface area contributed by atoms with Crippen LogP contribution in [0, 0.1) is 0 Å². The van der Waals surface area contributed by atoms with Gasteiger partial charge in [-0.25, -0.2) is 13.8 Å². The molecule has 0 aliphatic heterocycles. The highest BCUT2D eigenvalue weighted by Crippen LogP contribution is 2.34. The van der Waals surface area contributed by atoms with Gasteiger partial charge in [0.1, 0.15) is 5.69 Å². The molecule has 0 amide bonds. The molecular formula is C9H6F5NO4. The summed E-state index contributed by atoms with van der Waals surface area (Å²) in [4.78, 5) is 13.2. The Morgan fingerprint density at radius 2 is 2.00 bits per heavy atom. The van der Waals surface area contributed by atoms with Crippen molar-refractivity contribution < 1.29 is 41.7 Å². The van der Waals surface area contributed by atoms with Gasteiger partial charge in [-0.05, 0) is 11.6 Å². The van der Waals surface area contributed by atoms with Crippen molar-refractivity contribution >= 4 is 5.97 Å². The summed E-state index contributed by atoms with van der Waals surface area (Å²) in [7, 11) is 0. The number of rotatable bonds is 4. The van der Waals surface area contributed by atoms with Crippen molar-refractivity contribution in [2.75, 3.05) is 0 Å². The van der Waals surface area contributed by atoms with Gasteiger partial charge in [-0.15, -0.1) is 13.2 Å². The smallest absolute Gasteiger partial charge is 0.503 e. The van der Waals surface area contributed by atoms with Crippen molar-refractivity contribution in [1.29, 1.82) is 0 Å². The van der Waals surface area contributed by atoms with E-state index in [9.17, 15) is 26.7 Å². The Morgan fingerprint density at radius 3 is 2.42 bits per heavy atom. The van der Waals surface area contributed by atoms with Crippen LogP contribution >= 0.6 is 0 Å². The summed E-state index contributed by atoms with van der Waals surface area (Å²) in [6.45, 7) is 0. The maximum atomic E-state index is 12.5. The molecule has 0 aliphatic carbocycles. The first-order valence-corrected chi connectivity index (χ1v) is 4.58. The fraction of sp³-hybridized carbons (Fsp3) is 0.333. The van der Waals surface area contributed by atoms with Crippen molar-refractivity contribution in [3.63, 3.8) is 0 Å². The van der Waals surface area contributed by atoms with E-state index in [4.69, 9.17) is 10.2 Å². The van der Waals surface area contributed by atoms with Gasteiger partial charge >= 0.3 is 12.3 Å². The molecule has 0 bridgehead atoms. The van der Waals surface area contributed by atoms with Crippen molar-refractivity contribution in [3.8, 4) is 11.6 Å². The van der Waals surface area contributed by atoms with Crippen molar-refractivity contribution in [2.24, 2.45) is 0 Å². The number of pyridine rings is 1. The highest BCUT2D eigenvalue weighted by molar-refractivity contribution is 5.71. The zero-order valence-electron chi connectivity index (χ0n) is 8.91. The lowest BCUT2D eigenvalue weighted by Crippen LogP contribution is -2.19. The molecule has 0 radical (unpaired) electrons. The SMILES string of the molecule is O=C(O)Cc1cc(O)c(OC(F)(F)F)nc1C(F)F. The normalized spacial score (nSPS) is 11.7. The number of aromatic nitrogens is 1. The number of carbonyl (C=O) groups is 1. The summed E-state index contributed by atoms with van der Waals surface area (Å²) in [6.07, 6.45) is -9.46. The molecule has 0 fully saturated rings. The number of aliphatic carboxylic acids is 1. The maximum absolute atomic E-state index is 12.5. The van der Waals surface area contributed by atoms with Gasteiger partial charge in [-0.2, -0.15) is 0 Å². The van der Waals surface area contributed by atoms with Crippen LogP contribution in [0.4, 0.5) is 22.0 Å². The molecule has 1 aromatic rings. The first-order chi connectivity index (χ1) is 8.60. The summed E-state index contributed by atoms with van der Waals surface area (Å²) in [5.74, 6) is -4.15. The van der Waals surface area contributed by atoms with Crippen LogP contribution in [0.5, 0.6) is 11.6 Å². The molecule has 5 nitrogen and oxygen atoms in total. The van der Waals surface area contributed by atoms with Gasteiger partial charge in [0.25, 0.3) is 12.3 Å². The highest BCUT2D eigenvalue weighted by Gasteiger charge is 2.34. The lowest BCUT2D eigenvalue weighted by atomic mass is 10.1. The Bertz CT molecular complexity index is 488. The van der Waals surface area contributed by atoms with E-state index in [1.807, 2.05) is 0 Å². The van der Waals surface area contributed by atoms with Gasteiger partial charge in [0.05, 0.1) is 6.42 Å². The molecule has 2 N–H and O–H groups in total. The Hall–Kier alpha value is -2.13. The highest BCUT2D eigenvalue weighted by atomic mass is 19.4. The number of carboxylic acid groups (broad SMARTS) is 1. The lowest BCUT2D eigenvalue weighted by molar-refractivity contribution is -0.276. The zero-order valence-corrected chi connectivity index (χ0v) is 8.91. The fourth-order valence-electron chi connectivity index (χ4n) is 1.22. The summed E-state index contributed by atoms with van der Waals surface area (Å²) >= 11 is 0. The predicted octanol–water partition coefficient (Wildman–Crippen LogP) is 2.25. The van der Waals surface area contributed by atoms with Crippen LogP contribution in [0.3, 0.4) is 0 Å². The minimum absolute atomic E-state index is 0.448. The monoisotopic (exact) mass is 287 g/mol. The van der Waals surface area contributed by atoms with E-state index in [-0.39, 0.29) is 0 Å². The molecule has 10 heteroatoms. The first kappa shape index (κ1) is 14.9. The zero-order chi connectivity index (χ0) is 14.8. The van der Waals surface area contributed by atoms with Gasteiger partial charge in [0, 0.05) is 0 Å². The van der Waals surface area contributed by atoms with E-state index in [0.717, 1.165) is 0 Å². The number of halogens is 5. The van der Waals surface area contributed by atoms with Gasteiger partial charge in [-0.3, -0.25) is 4.79 Å². The molecule has 19 heavy (non-hydrogen) atoms. The van der Waals surface area contributed by atoms with Crippen LogP contribution in [0.25, 0.3) is 0 Å². The molecule has 0 saturated carbocycles. The fourth-order valence-corrected chi connectivity index (χ4v) is 1.22. The number of ether oxygens (including phenoxy) is 1. The first-order valence-electron chi connectivity index (χ1n) is 4.58. The lowest BCUT2D eigenvalue weighted by Gasteiger charge is -2.13. The van der Waals surface area contributed by atoms with Gasteiger partial charge in [0.15, 0.2) is 5.75 Å². The second-order valence-corrected chi connectivity index (χ2v) is 3.28. The number of hydrogen-bond acceptors (Lipinski definition) is 4. The van der Waals surface area contributed by atoms with E-state index < -0.39 is 48.1 Å². The summed E-state index contributed by atoms with van der Waals surface area (Å²) in [5.41, 5.74) is -1.80. The van der Waals surface area contributed by atoms with E-state index in [0.29, 0.717) is 6.07 Å². The quantitative estimate of drug-likeness (QED) is 0.830. The molecule has 0 aromatic carbocycles. The Balaban J connectivity index is 3.24. The van der Waals surface area contributed by atoms with E-state index in [1.165, 1.54) is 0 Å². The van der Waals surface area contributed by atoms with Crippen LogP contribution in [-0.2, 0) is 11.2 Å². The van der Waals surface area contributed by atoms with Crippen LogP contribution in [-0.4, -0.2) is 27.5 Å². The van der Waals surface area contributed by atoms with Crippen LogP contribution < -0.4 is 4.74 Å². The Morgan fingerprint density at radius 1 is 1.42 bits per heavy atom. The van der Waals surface area contributed by atoms with Crippen molar-refractivity contribution in [3.05, 3.63) is 17.3 Å². The second-order valence-electron chi connectivity index (χ2n) is 3.28. The predicted molar refractivity (Wildman–Crippen MR) is 48.9 cm³/mol. The molecule has 0 atom stereocenters. The third-order valence-electron chi connectivity index (χ3n) is 1.84. The molecule has 106 valence electrons. The number of carboxylic acids is 1. The number of alkyl halides is 5. The summed E-state index contributed by atoms with van der Waals surface area (Å²) in [5, 5.41) is 17.6. The minimum atomic E-state index is -5.22. The standard InChI is InChI=1S/C9H6F5NO4/c10-7(11)6-3(2-5(17)18)1-4(16)8(15-6)19-9(12,13)14/h1,7,16H,2H2,(H,17,18). The average Bonchev–Trinajstić information content (AvgIpc) is 2.18. The van der Waals surface area contributed by atoms with Crippen LogP contribution in [0.1, 0.15) is 17.7 Å². The Kier molecular flexibility index (Phi) is 4.12. The van der Waals surface area contributed by atoms with Crippen molar-refractivity contribution in [1.82, 2.24) is 4.98 Å². The van der Waals surface area contributed by atoms with E-state index in [1.54, 1.807) is 0 Å². The summed E-state index contributed by atoms with van der Waals surface area (Å²) in [6, 6.07) is 0.448. The van der Waals surface area contributed by atoms with E-state index in [2.05, 4.69) is 9.72 Å². The molecule has 0 unspecified atom stereocenters. The molecule has 0 saturated heterocycles. The maximum Gasteiger partial charge on any atom is 0.574 e.